The summed E-state index contributed by atoms with van der Waals surface area (Å²) in [7, 11) is 0. The van der Waals surface area contributed by atoms with E-state index in [9.17, 15) is 22.8 Å². The molecule has 5 nitrogen and oxygen atoms in total. The average molecular weight is 364 g/mol. The lowest BCUT2D eigenvalue weighted by atomic mass is 10.1. The summed E-state index contributed by atoms with van der Waals surface area (Å²) in [4.78, 5) is 25.3. The van der Waals surface area contributed by atoms with E-state index in [0.717, 1.165) is 12.1 Å². The number of carbonyl (C=O) groups excluding carboxylic acids is 2. The van der Waals surface area contributed by atoms with Gasteiger partial charge in [0.15, 0.2) is 0 Å². The highest BCUT2D eigenvalue weighted by Gasteiger charge is 2.35. The van der Waals surface area contributed by atoms with Gasteiger partial charge in [-0.1, -0.05) is 11.6 Å². The Morgan fingerprint density at radius 3 is 2.58 bits per heavy atom. The quantitative estimate of drug-likeness (QED) is 0.863. The first kappa shape index (κ1) is 18.4. The molecule has 0 spiro atoms. The van der Waals surface area contributed by atoms with Gasteiger partial charge in [-0.05, 0) is 32.0 Å². The molecule has 0 aromatic heterocycles. The number of hydrogen-bond donors (Lipinski definition) is 2. The number of amides is 3. The topological polar surface area (TPSA) is 61.4 Å². The molecule has 1 fully saturated rings. The van der Waals surface area contributed by atoms with Crippen LogP contribution < -0.4 is 10.6 Å². The Morgan fingerprint density at radius 2 is 2.04 bits per heavy atom. The summed E-state index contributed by atoms with van der Waals surface area (Å²) in [6, 6.07) is 1.85. The number of anilines is 1. The van der Waals surface area contributed by atoms with Crippen LogP contribution in [0.25, 0.3) is 0 Å². The molecular weight excluding hydrogens is 347 g/mol. The number of nitrogens with zero attached hydrogens (tertiary/aromatic N) is 1. The lowest BCUT2D eigenvalue weighted by Gasteiger charge is -2.21. The zero-order chi connectivity index (χ0) is 18.1. The minimum absolute atomic E-state index is 0.000425. The second-order valence-corrected chi connectivity index (χ2v) is 6.26. The number of halogens is 4. The summed E-state index contributed by atoms with van der Waals surface area (Å²) < 4.78 is 39.0. The molecule has 1 saturated heterocycles. The Hall–Kier alpha value is -1.96. The molecule has 24 heavy (non-hydrogen) atoms. The predicted molar refractivity (Wildman–Crippen MR) is 83.9 cm³/mol. The van der Waals surface area contributed by atoms with Crippen molar-refractivity contribution in [2.45, 2.75) is 38.5 Å². The van der Waals surface area contributed by atoms with Crippen LogP contribution in [0.15, 0.2) is 18.2 Å². The Kier molecular flexibility index (Phi) is 5.27. The summed E-state index contributed by atoms with van der Waals surface area (Å²) >= 11 is 5.59. The molecule has 132 valence electrons. The first-order chi connectivity index (χ1) is 11.1. The van der Waals surface area contributed by atoms with Gasteiger partial charge in [-0.2, -0.15) is 13.2 Å². The fourth-order valence-electron chi connectivity index (χ4n) is 2.53. The van der Waals surface area contributed by atoms with Gasteiger partial charge in [-0.25, -0.2) is 4.79 Å². The fraction of sp³-hybridized carbons (Fsp3) is 0.467. The second kappa shape index (κ2) is 6.88. The summed E-state index contributed by atoms with van der Waals surface area (Å²) in [5.74, 6) is -0.0993. The molecule has 1 aromatic rings. The Morgan fingerprint density at radius 1 is 1.38 bits per heavy atom. The van der Waals surface area contributed by atoms with Crippen LogP contribution in [0.3, 0.4) is 0 Å². The summed E-state index contributed by atoms with van der Waals surface area (Å²) in [5.41, 5.74) is -1.43. The maximum absolute atomic E-state index is 13.0. The van der Waals surface area contributed by atoms with Gasteiger partial charge in [-0.15, -0.1) is 0 Å². The van der Waals surface area contributed by atoms with Gasteiger partial charge in [0.1, 0.15) is 0 Å². The Bertz CT molecular complexity index is 649. The molecule has 0 aliphatic carbocycles. The molecule has 1 aliphatic heterocycles. The molecule has 9 heteroatoms. The zero-order valence-corrected chi connectivity index (χ0v) is 13.8. The van der Waals surface area contributed by atoms with E-state index in [-0.39, 0.29) is 23.4 Å². The lowest BCUT2D eigenvalue weighted by Crippen LogP contribution is -2.41. The maximum Gasteiger partial charge on any atom is 0.418 e. The highest BCUT2D eigenvalue weighted by molar-refractivity contribution is 6.30. The predicted octanol–water partition coefficient (Wildman–Crippen LogP) is 3.49. The zero-order valence-electron chi connectivity index (χ0n) is 13.1. The van der Waals surface area contributed by atoms with Crippen molar-refractivity contribution < 1.29 is 22.8 Å². The molecule has 2 rings (SSSR count). The molecule has 1 aliphatic rings. The molecule has 1 heterocycles. The molecule has 0 saturated carbocycles. The van der Waals surface area contributed by atoms with Crippen molar-refractivity contribution >= 4 is 29.2 Å². The van der Waals surface area contributed by atoms with Crippen LogP contribution in [0.5, 0.6) is 0 Å². The largest absolute Gasteiger partial charge is 0.418 e. The van der Waals surface area contributed by atoms with Crippen molar-refractivity contribution in [3.05, 3.63) is 28.8 Å². The van der Waals surface area contributed by atoms with Crippen LogP contribution in [-0.2, 0) is 11.0 Å². The first-order valence-electron chi connectivity index (χ1n) is 7.31. The molecular formula is C15H17ClF3N3O2. The van der Waals surface area contributed by atoms with Gasteiger partial charge < -0.3 is 15.5 Å². The van der Waals surface area contributed by atoms with E-state index in [2.05, 4.69) is 10.6 Å². The first-order valence-corrected chi connectivity index (χ1v) is 7.69. The molecule has 0 radical (unpaired) electrons. The minimum atomic E-state index is -4.65. The van der Waals surface area contributed by atoms with Crippen LogP contribution in [0.4, 0.5) is 23.7 Å². The third kappa shape index (κ3) is 4.31. The van der Waals surface area contributed by atoms with Crippen LogP contribution in [0.1, 0.15) is 25.8 Å². The SMILES string of the molecule is CC(C)N1CC(NC(=O)Nc2ccc(Cl)cc2C(F)(F)F)CC1=O. The molecule has 1 aromatic carbocycles. The third-order valence-electron chi connectivity index (χ3n) is 3.65. The van der Waals surface area contributed by atoms with Crippen molar-refractivity contribution in [3.63, 3.8) is 0 Å². The Balaban J connectivity index is 2.05. The van der Waals surface area contributed by atoms with E-state index < -0.39 is 29.5 Å². The average Bonchev–Trinajstić information content (AvgIpc) is 2.80. The van der Waals surface area contributed by atoms with Gasteiger partial charge in [0, 0.05) is 24.0 Å². The summed E-state index contributed by atoms with van der Waals surface area (Å²) in [5, 5.41) is 4.61. The van der Waals surface area contributed by atoms with Crippen molar-refractivity contribution in [2.24, 2.45) is 0 Å². The van der Waals surface area contributed by atoms with E-state index in [0.29, 0.717) is 6.54 Å². The highest BCUT2D eigenvalue weighted by atomic mass is 35.5. The molecule has 3 amide bonds. The monoisotopic (exact) mass is 363 g/mol. The van der Waals surface area contributed by atoms with Gasteiger partial charge in [-0.3, -0.25) is 4.79 Å². The van der Waals surface area contributed by atoms with Gasteiger partial charge in [0.05, 0.1) is 17.3 Å². The van der Waals surface area contributed by atoms with E-state index in [1.807, 2.05) is 13.8 Å². The number of rotatable bonds is 3. The lowest BCUT2D eigenvalue weighted by molar-refractivity contribution is -0.137. The smallest absolute Gasteiger partial charge is 0.338 e. The van der Waals surface area contributed by atoms with Gasteiger partial charge in [0.25, 0.3) is 0 Å². The number of carbonyl (C=O) groups is 2. The van der Waals surface area contributed by atoms with Crippen LogP contribution in [-0.4, -0.2) is 35.5 Å². The number of alkyl halides is 3. The van der Waals surface area contributed by atoms with E-state index >= 15 is 0 Å². The number of benzene rings is 1. The fourth-order valence-corrected chi connectivity index (χ4v) is 2.70. The van der Waals surface area contributed by atoms with E-state index in [1.54, 1.807) is 4.90 Å². The molecule has 1 atom stereocenters. The van der Waals surface area contributed by atoms with Crippen LogP contribution in [0, 0.1) is 0 Å². The second-order valence-electron chi connectivity index (χ2n) is 5.83. The van der Waals surface area contributed by atoms with Gasteiger partial charge >= 0.3 is 12.2 Å². The van der Waals surface area contributed by atoms with Crippen molar-refractivity contribution in [1.82, 2.24) is 10.2 Å². The van der Waals surface area contributed by atoms with Crippen molar-refractivity contribution in [1.29, 1.82) is 0 Å². The summed E-state index contributed by atoms with van der Waals surface area (Å²) in [6.07, 6.45) is -4.52. The van der Waals surface area contributed by atoms with E-state index in [4.69, 9.17) is 11.6 Å². The third-order valence-corrected chi connectivity index (χ3v) is 3.89. The summed E-state index contributed by atoms with van der Waals surface area (Å²) in [6.45, 7) is 4.03. The molecule has 2 N–H and O–H groups in total. The number of urea groups is 1. The van der Waals surface area contributed by atoms with Crippen LogP contribution >= 0.6 is 11.6 Å². The Labute approximate surface area is 142 Å². The van der Waals surface area contributed by atoms with E-state index in [1.165, 1.54) is 6.07 Å². The maximum atomic E-state index is 13.0. The van der Waals surface area contributed by atoms with Gasteiger partial charge in [0.2, 0.25) is 5.91 Å². The van der Waals surface area contributed by atoms with Crippen LogP contribution in [0.2, 0.25) is 5.02 Å². The van der Waals surface area contributed by atoms with Crippen molar-refractivity contribution in [3.8, 4) is 0 Å². The number of nitrogens with one attached hydrogen (secondary N) is 2. The standard InChI is InChI=1S/C15H17ClF3N3O2/c1-8(2)22-7-10(6-13(22)23)20-14(24)21-12-4-3-9(16)5-11(12)15(17,18)19/h3-5,8,10H,6-7H2,1-2H3,(H2,20,21,24). The normalized spacial score (nSPS) is 18.2. The highest BCUT2D eigenvalue weighted by Crippen LogP contribution is 2.36. The minimum Gasteiger partial charge on any atom is -0.338 e. The molecule has 0 bridgehead atoms. The number of likely N-dealkylation sites (tertiary alicyclic amines) is 1. The number of hydrogen-bond acceptors (Lipinski definition) is 2. The molecule has 1 unspecified atom stereocenters. The van der Waals surface area contributed by atoms with Crippen molar-refractivity contribution in [2.75, 3.05) is 11.9 Å².